The molecule has 0 fully saturated rings. The van der Waals surface area contributed by atoms with Crippen LogP contribution in [0.5, 0.6) is 0 Å². The summed E-state index contributed by atoms with van der Waals surface area (Å²) in [5.74, 6) is -0.612. The third-order valence-corrected chi connectivity index (χ3v) is 4.42. The first-order valence-electron chi connectivity index (χ1n) is 6.96. The Bertz CT molecular complexity index is 850. The molecule has 3 aromatic rings. The fourth-order valence-electron chi connectivity index (χ4n) is 2.14. The Morgan fingerprint density at radius 2 is 2.09 bits per heavy atom. The first-order valence-corrected chi connectivity index (χ1v) is 7.84. The van der Waals surface area contributed by atoms with E-state index in [4.69, 9.17) is 10.8 Å². The van der Waals surface area contributed by atoms with Gasteiger partial charge >= 0.3 is 5.97 Å². The monoisotopic (exact) mass is 329 g/mol. The molecule has 1 aromatic carbocycles. The first kappa shape index (κ1) is 15.3. The number of hydrogen-bond donors (Lipinski definition) is 2. The Morgan fingerprint density at radius 3 is 2.78 bits per heavy atom. The summed E-state index contributed by atoms with van der Waals surface area (Å²) in [5.41, 5.74) is 8.02. The molecule has 118 valence electrons. The molecule has 0 amide bonds. The number of imidazole rings is 1. The summed E-state index contributed by atoms with van der Waals surface area (Å²) in [5, 5.41) is 9.07. The standard InChI is InChI=1S/C15H15N5O2S/c1-9(14(21)22)23-15-19-11-12(16)17-8-18-13(11)20(15)7-10-5-3-2-4-6-10/h2-6,8-9H,7H2,1H3,(H,21,22)(H2,16,17,18). The highest BCUT2D eigenvalue weighted by molar-refractivity contribution is 8.00. The lowest BCUT2D eigenvalue weighted by molar-refractivity contribution is -0.136. The van der Waals surface area contributed by atoms with Gasteiger partial charge in [-0.3, -0.25) is 9.36 Å². The van der Waals surface area contributed by atoms with E-state index in [0.717, 1.165) is 17.3 Å². The number of aromatic nitrogens is 4. The van der Waals surface area contributed by atoms with Crippen LogP contribution in [0.2, 0.25) is 0 Å². The molecule has 0 spiro atoms. The highest BCUT2D eigenvalue weighted by Crippen LogP contribution is 2.28. The number of carboxylic acids is 1. The molecule has 3 rings (SSSR count). The van der Waals surface area contributed by atoms with Gasteiger partial charge in [0, 0.05) is 0 Å². The molecule has 0 saturated carbocycles. The van der Waals surface area contributed by atoms with Gasteiger partial charge in [0.2, 0.25) is 0 Å². The first-order chi connectivity index (χ1) is 11.1. The number of aliphatic carboxylic acids is 1. The van der Waals surface area contributed by atoms with E-state index in [0.29, 0.717) is 22.9 Å². The lowest BCUT2D eigenvalue weighted by atomic mass is 10.2. The van der Waals surface area contributed by atoms with Crippen molar-refractivity contribution >= 4 is 34.7 Å². The van der Waals surface area contributed by atoms with E-state index in [1.54, 1.807) is 6.92 Å². The normalized spacial score (nSPS) is 12.4. The molecule has 2 heterocycles. The lowest BCUT2D eigenvalue weighted by Gasteiger charge is -2.10. The van der Waals surface area contributed by atoms with Crippen LogP contribution >= 0.6 is 11.8 Å². The number of nitrogen functional groups attached to an aromatic ring is 1. The van der Waals surface area contributed by atoms with Crippen LogP contribution in [0.15, 0.2) is 41.8 Å². The van der Waals surface area contributed by atoms with Gasteiger partial charge in [0.05, 0.1) is 6.54 Å². The van der Waals surface area contributed by atoms with Gasteiger partial charge in [-0.2, -0.15) is 0 Å². The zero-order valence-corrected chi connectivity index (χ0v) is 13.2. The molecule has 1 atom stereocenters. The second-order valence-electron chi connectivity index (χ2n) is 5.00. The zero-order valence-electron chi connectivity index (χ0n) is 12.4. The predicted molar refractivity (Wildman–Crippen MR) is 88.2 cm³/mol. The second kappa shape index (κ2) is 6.25. The van der Waals surface area contributed by atoms with Gasteiger partial charge in [-0.25, -0.2) is 15.0 Å². The quantitative estimate of drug-likeness (QED) is 0.690. The minimum atomic E-state index is -0.896. The maximum atomic E-state index is 11.1. The highest BCUT2D eigenvalue weighted by atomic mass is 32.2. The average molecular weight is 329 g/mol. The molecular formula is C15H15N5O2S. The molecule has 0 aliphatic carbocycles. The van der Waals surface area contributed by atoms with Gasteiger partial charge in [0.25, 0.3) is 0 Å². The molecule has 7 nitrogen and oxygen atoms in total. The molecule has 0 aliphatic heterocycles. The molecule has 3 N–H and O–H groups in total. The van der Waals surface area contributed by atoms with E-state index in [1.807, 2.05) is 34.9 Å². The van der Waals surface area contributed by atoms with Gasteiger partial charge in [-0.15, -0.1) is 0 Å². The van der Waals surface area contributed by atoms with Crippen molar-refractivity contribution in [2.24, 2.45) is 0 Å². The molecule has 23 heavy (non-hydrogen) atoms. The summed E-state index contributed by atoms with van der Waals surface area (Å²) in [6, 6.07) is 9.82. The number of carbonyl (C=O) groups is 1. The van der Waals surface area contributed by atoms with Crippen molar-refractivity contribution in [2.45, 2.75) is 23.9 Å². The van der Waals surface area contributed by atoms with E-state index < -0.39 is 11.2 Å². The molecule has 0 saturated heterocycles. The molecule has 8 heteroatoms. The summed E-state index contributed by atoms with van der Waals surface area (Å²) in [6.45, 7) is 2.15. The summed E-state index contributed by atoms with van der Waals surface area (Å²) >= 11 is 1.16. The van der Waals surface area contributed by atoms with Crippen LogP contribution in [0.4, 0.5) is 5.82 Å². The largest absolute Gasteiger partial charge is 0.480 e. The number of benzene rings is 1. The highest BCUT2D eigenvalue weighted by Gasteiger charge is 2.20. The summed E-state index contributed by atoms with van der Waals surface area (Å²) in [6.07, 6.45) is 1.38. The van der Waals surface area contributed by atoms with Crippen molar-refractivity contribution in [3.63, 3.8) is 0 Å². The topological polar surface area (TPSA) is 107 Å². The summed E-state index contributed by atoms with van der Waals surface area (Å²) in [4.78, 5) is 23.8. The van der Waals surface area contributed by atoms with Crippen molar-refractivity contribution in [1.82, 2.24) is 19.5 Å². The van der Waals surface area contributed by atoms with Crippen LogP contribution in [-0.4, -0.2) is 35.8 Å². The fraction of sp³-hybridized carbons (Fsp3) is 0.200. The second-order valence-corrected chi connectivity index (χ2v) is 6.30. The van der Waals surface area contributed by atoms with E-state index >= 15 is 0 Å². The smallest absolute Gasteiger partial charge is 0.316 e. The number of carboxylic acid groups (broad SMARTS) is 1. The maximum absolute atomic E-state index is 11.1. The van der Waals surface area contributed by atoms with Crippen LogP contribution in [0.1, 0.15) is 12.5 Å². The summed E-state index contributed by atoms with van der Waals surface area (Å²) < 4.78 is 1.87. The van der Waals surface area contributed by atoms with Crippen LogP contribution in [-0.2, 0) is 11.3 Å². The molecule has 0 bridgehead atoms. The Kier molecular flexibility index (Phi) is 4.16. The minimum absolute atomic E-state index is 0.284. The van der Waals surface area contributed by atoms with Crippen molar-refractivity contribution in [2.75, 3.05) is 5.73 Å². The molecule has 2 aromatic heterocycles. The number of nitrogens with two attached hydrogens (primary N) is 1. The molecule has 0 radical (unpaired) electrons. The van der Waals surface area contributed by atoms with Crippen LogP contribution in [0.3, 0.4) is 0 Å². The number of nitrogens with zero attached hydrogens (tertiary/aromatic N) is 4. The average Bonchev–Trinajstić information content (AvgIpc) is 2.88. The van der Waals surface area contributed by atoms with Crippen molar-refractivity contribution < 1.29 is 9.90 Å². The van der Waals surface area contributed by atoms with Crippen molar-refractivity contribution in [3.05, 3.63) is 42.2 Å². The van der Waals surface area contributed by atoms with Crippen molar-refractivity contribution in [1.29, 1.82) is 0 Å². The van der Waals surface area contributed by atoms with Crippen LogP contribution in [0.25, 0.3) is 11.2 Å². The number of rotatable bonds is 5. The molecular weight excluding hydrogens is 314 g/mol. The number of fused-ring (bicyclic) bond motifs is 1. The van der Waals surface area contributed by atoms with Crippen LogP contribution in [0, 0.1) is 0 Å². The fourth-order valence-corrected chi connectivity index (χ4v) is 2.98. The van der Waals surface area contributed by atoms with E-state index in [-0.39, 0.29) is 5.82 Å². The Balaban J connectivity index is 2.08. The zero-order chi connectivity index (χ0) is 16.4. The number of anilines is 1. The van der Waals surface area contributed by atoms with Gasteiger partial charge < -0.3 is 10.8 Å². The Hall–Kier alpha value is -2.61. The van der Waals surface area contributed by atoms with E-state index in [9.17, 15) is 4.79 Å². The predicted octanol–water partition coefficient (Wildman–Crippen LogP) is 2.02. The maximum Gasteiger partial charge on any atom is 0.316 e. The lowest BCUT2D eigenvalue weighted by Crippen LogP contribution is -2.13. The van der Waals surface area contributed by atoms with Gasteiger partial charge in [0.15, 0.2) is 22.1 Å². The number of thioether (sulfide) groups is 1. The van der Waals surface area contributed by atoms with Crippen molar-refractivity contribution in [3.8, 4) is 0 Å². The van der Waals surface area contributed by atoms with E-state index in [1.165, 1.54) is 6.33 Å². The third kappa shape index (κ3) is 3.11. The van der Waals surface area contributed by atoms with Crippen LogP contribution < -0.4 is 5.73 Å². The van der Waals surface area contributed by atoms with Gasteiger partial charge in [-0.05, 0) is 12.5 Å². The van der Waals surface area contributed by atoms with Gasteiger partial charge in [0.1, 0.15) is 11.6 Å². The minimum Gasteiger partial charge on any atom is -0.480 e. The summed E-state index contributed by atoms with van der Waals surface area (Å²) in [7, 11) is 0. The molecule has 0 aliphatic rings. The Labute approximate surface area is 136 Å². The Morgan fingerprint density at radius 1 is 1.35 bits per heavy atom. The SMILES string of the molecule is CC(Sc1nc2c(N)ncnc2n1Cc1ccccc1)C(=O)O. The third-order valence-electron chi connectivity index (χ3n) is 3.34. The molecule has 1 unspecified atom stereocenters. The van der Waals surface area contributed by atoms with Gasteiger partial charge in [-0.1, -0.05) is 42.1 Å². The van der Waals surface area contributed by atoms with E-state index in [2.05, 4.69) is 15.0 Å². The number of hydrogen-bond acceptors (Lipinski definition) is 6.